The zero-order chi connectivity index (χ0) is 35.7. The smallest absolute Gasteiger partial charge is 0.413 e. The van der Waals surface area contributed by atoms with E-state index in [0.29, 0.717) is 4.88 Å². The maximum Gasteiger partial charge on any atom is 0.413 e. The predicted molar refractivity (Wildman–Crippen MR) is 177 cm³/mol. The Morgan fingerprint density at radius 3 is 2.58 bits per heavy atom. The second kappa shape index (κ2) is 13.9. The molecule has 0 radical (unpaired) electrons. The quantitative estimate of drug-likeness (QED) is 0.172. The molecule has 3 N–H and O–H groups in total. The summed E-state index contributed by atoms with van der Waals surface area (Å²) < 4.78 is 52.3. The third-order valence-electron chi connectivity index (χ3n) is 7.12. The van der Waals surface area contributed by atoms with Gasteiger partial charge in [0.05, 0.1) is 12.7 Å². The van der Waals surface area contributed by atoms with Gasteiger partial charge in [-0.15, -0.1) is 21.5 Å². The average molecular weight is 729 g/mol. The molecule has 0 spiro atoms. The van der Waals surface area contributed by atoms with Crippen molar-refractivity contribution in [2.75, 3.05) is 10.6 Å². The lowest BCUT2D eigenvalue weighted by atomic mass is 10.1. The zero-order valence-corrected chi connectivity index (χ0v) is 28.0. The maximum atomic E-state index is 14.2. The fraction of sp³-hybridized carbons (Fsp3) is 0.290. The monoisotopic (exact) mass is 728 g/mol. The molecule has 6 rings (SSSR count). The normalized spacial score (nSPS) is 15.6. The summed E-state index contributed by atoms with van der Waals surface area (Å²) in [6.45, 7) is 2.00. The SMILES string of the molecule is CC(C)(C)OC(=O)Nc1cc2sc(CNC(=O)[C@@H]3C[C@@H](OC(F)F)c4ncc(NC(=O)c5nnc(-c6ccccc6F)s5)c(=O)n43)cc2cn1. The van der Waals surface area contributed by atoms with Gasteiger partial charge >= 0.3 is 12.7 Å². The first-order valence-electron chi connectivity index (χ1n) is 14.9. The molecule has 1 aliphatic heterocycles. The molecule has 3 amide bonds. The summed E-state index contributed by atoms with van der Waals surface area (Å²) in [7, 11) is 0. The first-order valence-corrected chi connectivity index (χ1v) is 16.5. The van der Waals surface area contributed by atoms with Gasteiger partial charge < -0.3 is 20.1 Å². The van der Waals surface area contributed by atoms with E-state index in [1.165, 1.54) is 29.5 Å². The molecule has 14 nitrogen and oxygen atoms in total. The van der Waals surface area contributed by atoms with E-state index < -0.39 is 53.6 Å². The molecule has 260 valence electrons. The third-order valence-corrected chi connectivity index (χ3v) is 9.17. The van der Waals surface area contributed by atoms with Crippen LogP contribution in [0, 0.1) is 5.82 Å². The number of hydrogen-bond donors (Lipinski definition) is 3. The number of fused-ring (bicyclic) bond motifs is 2. The summed E-state index contributed by atoms with van der Waals surface area (Å²) in [6, 6.07) is 7.92. The van der Waals surface area contributed by atoms with Gasteiger partial charge in [-0.2, -0.15) is 8.78 Å². The van der Waals surface area contributed by atoms with Crippen molar-refractivity contribution in [3.63, 3.8) is 0 Å². The topological polar surface area (TPSA) is 179 Å². The summed E-state index contributed by atoms with van der Waals surface area (Å²) in [5.41, 5.74) is -1.81. The van der Waals surface area contributed by atoms with Crippen LogP contribution in [0.25, 0.3) is 20.7 Å². The number of carbonyl (C=O) groups is 3. The van der Waals surface area contributed by atoms with E-state index in [-0.39, 0.29) is 45.9 Å². The number of aromatic nitrogens is 5. The minimum Gasteiger partial charge on any atom is -0.444 e. The lowest BCUT2D eigenvalue weighted by molar-refractivity contribution is -0.166. The molecule has 5 heterocycles. The zero-order valence-electron chi connectivity index (χ0n) is 26.4. The number of anilines is 2. The van der Waals surface area contributed by atoms with Crippen molar-refractivity contribution in [3.05, 3.63) is 80.7 Å². The first-order chi connectivity index (χ1) is 23.8. The number of carbonyl (C=O) groups excluding carboxylic acids is 3. The van der Waals surface area contributed by atoms with Gasteiger partial charge in [-0.05, 0) is 45.0 Å². The van der Waals surface area contributed by atoms with Gasteiger partial charge in [0.2, 0.25) is 10.9 Å². The van der Waals surface area contributed by atoms with E-state index in [1.807, 2.05) is 0 Å². The van der Waals surface area contributed by atoms with Crippen LogP contribution in [-0.4, -0.2) is 54.9 Å². The Morgan fingerprint density at radius 2 is 1.84 bits per heavy atom. The number of thiophene rings is 1. The van der Waals surface area contributed by atoms with Crippen LogP contribution in [0.2, 0.25) is 0 Å². The van der Waals surface area contributed by atoms with Crippen molar-refractivity contribution in [3.8, 4) is 10.6 Å². The molecule has 0 fully saturated rings. The predicted octanol–water partition coefficient (Wildman–Crippen LogP) is 5.65. The van der Waals surface area contributed by atoms with Gasteiger partial charge in [-0.1, -0.05) is 23.5 Å². The Kier molecular flexibility index (Phi) is 9.63. The number of nitrogens with one attached hydrogen (secondary N) is 3. The first kappa shape index (κ1) is 34.6. The lowest BCUT2D eigenvalue weighted by Crippen LogP contribution is -2.36. The van der Waals surface area contributed by atoms with E-state index in [1.54, 1.807) is 45.2 Å². The number of nitrogens with zero attached hydrogens (tertiary/aromatic N) is 5. The Morgan fingerprint density at radius 1 is 1.06 bits per heavy atom. The number of alkyl halides is 2. The second-order valence-corrected chi connectivity index (χ2v) is 14.0. The van der Waals surface area contributed by atoms with Gasteiger partial charge in [0.15, 0.2) is 5.01 Å². The van der Waals surface area contributed by atoms with Crippen molar-refractivity contribution >= 4 is 62.2 Å². The van der Waals surface area contributed by atoms with Crippen molar-refractivity contribution in [1.29, 1.82) is 0 Å². The highest BCUT2D eigenvalue weighted by Gasteiger charge is 2.40. The van der Waals surface area contributed by atoms with Gasteiger partial charge in [0, 0.05) is 33.1 Å². The number of ether oxygens (including phenoxy) is 2. The highest BCUT2D eigenvalue weighted by molar-refractivity contribution is 7.19. The number of pyridine rings is 1. The van der Waals surface area contributed by atoms with Crippen molar-refractivity contribution < 1.29 is 37.0 Å². The Hall–Kier alpha value is -5.27. The molecule has 50 heavy (non-hydrogen) atoms. The van der Waals surface area contributed by atoms with Crippen LogP contribution in [0.3, 0.4) is 0 Å². The van der Waals surface area contributed by atoms with Gasteiger partial charge in [-0.3, -0.25) is 24.3 Å². The van der Waals surface area contributed by atoms with Gasteiger partial charge in [0.25, 0.3) is 11.5 Å². The van der Waals surface area contributed by atoms with E-state index in [9.17, 15) is 32.3 Å². The fourth-order valence-corrected chi connectivity index (χ4v) is 6.84. The second-order valence-electron chi connectivity index (χ2n) is 11.9. The molecule has 19 heteroatoms. The minimum atomic E-state index is -3.21. The number of hydrogen-bond acceptors (Lipinski definition) is 12. The molecule has 0 unspecified atom stereocenters. The summed E-state index contributed by atoms with van der Waals surface area (Å²) in [4.78, 5) is 61.1. The summed E-state index contributed by atoms with van der Waals surface area (Å²) in [5.74, 6) is -2.05. The Labute approximate surface area is 288 Å². The van der Waals surface area contributed by atoms with Crippen LogP contribution in [0.1, 0.15) is 59.8 Å². The summed E-state index contributed by atoms with van der Waals surface area (Å²) in [6.07, 6.45) is 0.146. The molecule has 0 aliphatic carbocycles. The fourth-order valence-electron chi connectivity index (χ4n) is 5.06. The number of halogens is 3. The lowest BCUT2D eigenvalue weighted by Gasteiger charge is -2.19. The van der Waals surface area contributed by atoms with Crippen LogP contribution in [-0.2, 0) is 20.8 Å². The Balaban J connectivity index is 1.18. The summed E-state index contributed by atoms with van der Waals surface area (Å²) >= 11 is 2.10. The third kappa shape index (κ3) is 7.63. The molecule has 1 aromatic carbocycles. The van der Waals surface area contributed by atoms with E-state index in [4.69, 9.17) is 4.74 Å². The molecular weight excluding hydrogens is 702 g/mol. The summed E-state index contributed by atoms with van der Waals surface area (Å²) in [5, 5.41) is 16.0. The maximum absolute atomic E-state index is 14.2. The highest BCUT2D eigenvalue weighted by atomic mass is 32.1. The largest absolute Gasteiger partial charge is 0.444 e. The van der Waals surface area contributed by atoms with E-state index >= 15 is 0 Å². The molecule has 1 aliphatic rings. The van der Waals surface area contributed by atoms with Crippen molar-refractivity contribution in [1.82, 2.24) is 30.0 Å². The van der Waals surface area contributed by atoms with Gasteiger partial charge in [-0.25, -0.2) is 19.2 Å². The Bertz CT molecular complexity index is 2170. The van der Waals surface area contributed by atoms with E-state index in [2.05, 4.69) is 40.9 Å². The van der Waals surface area contributed by atoms with E-state index in [0.717, 1.165) is 32.2 Å². The van der Waals surface area contributed by atoms with Crippen molar-refractivity contribution in [2.45, 2.75) is 58.1 Å². The highest BCUT2D eigenvalue weighted by Crippen LogP contribution is 2.36. The molecule has 5 aromatic rings. The van der Waals surface area contributed by atoms with Gasteiger partial charge in [0.1, 0.15) is 40.9 Å². The molecule has 0 saturated carbocycles. The van der Waals surface area contributed by atoms with Crippen molar-refractivity contribution in [2.24, 2.45) is 0 Å². The van der Waals surface area contributed by atoms with Crippen LogP contribution in [0.15, 0.2) is 53.6 Å². The number of benzene rings is 1. The average Bonchev–Trinajstić information content (AvgIpc) is 3.78. The molecule has 4 aromatic heterocycles. The molecule has 0 saturated heterocycles. The van der Waals surface area contributed by atoms with Crippen LogP contribution >= 0.6 is 22.7 Å². The molecular formula is C31H27F3N8O6S2. The number of rotatable bonds is 9. The minimum absolute atomic E-state index is 0.0131. The molecule has 0 bridgehead atoms. The van der Waals surface area contributed by atoms with Crippen LogP contribution < -0.4 is 21.5 Å². The van der Waals surface area contributed by atoms with Crippen LogP contribution in [0.4, 0.5) is 29.5 Å². The van der Waals surface area contributed by atoms with Crippen LogP contribution in [0.5, 0.6) is 0 Å². The molecule has 2 atom stereocenters. The number of amides is 3. The standard InChI is InChI=1S/C31H27F3N8O6S2/c1-31(2,3)48-30(46)39-22-10-21-14(11-35-22)8-15(49-21)12-37-24(43)19-9-20(47-29(33)34)23-36-13-18(28(45)42(19)23)38-25(44)27-41-40-26(50-27)16-6-4-5-7-17(16)32/h4-8,10-11,13,19-20,29H,9,12H2,1-3H3,(H,37,43)(H,38,44)(H,35,39,46)/t19-,20+/m0/s1.